The number of thiophene rings is 2. The van der Waals surface area contributed by atoms with Crippen molar-refractivity contribution >= 4 is 63.0 Å². The van der Waals surface area contributed by atoms with Gasteiger partial charge in [0.05, 0.1) is 11.4 Å². The average Bonchev–Trinajstić information content (AvgIpc) is 3.84. The van der Waals surface area contributed by atoms with Gasteiger partial charge in [0.25, 0.3) is 0 Å². The lowest BCUT2D eigenvalue weighted by Crippen LogP contribution is -1.97. The van der Waals surface area contributed by atoms with Crippen molar-refractivity contribution in [2.24, 2.45) is 0 Å². The molecule has 0 saturated carbocycles. The number of hydrogen-bond donors (Lipinski definition) is 0. The van der Waals surface area contributed by atoms with Gasteiger partial charge in [-0.2, -0.15) is 0 Å². The number of nitrogens with zero attached hydrogens (tertiary/aromatic N) is 3. The maximum Gasteiger partial charge on any atom is 0.160 e. The number of pyridine rings is 1. The van der Waals surface area contributed by atoms with Crippen LogP contribution in [-0.4, -0.2) is 15.0 Å². The molecule has 262 valence electrons. The van der Waals surface area contributed by atoms with Crippen LogP contribution in [0.3, 0.4) is 0 Å². The Morgan fingerprint density at radius 3 is 1.45 bits per heavy atom. The molecule has 7 aromatic carbocycles. The molecule has 4 heterocycles. The van der Waals surface area contributed by atoms with Crippen LogP contribution in [0, 0.1) is 0 Å². The van der Waals surface area contributed by atoms with Crippen LogP contribution in [0.4, 0.5) is 0 Å². The van der Waals surface area contributed by atoms with E-state index in [0.717, 1.165) is 50.3 Å². The third-order valence-electron chi connectivity index (χ3n) is 10.6. The molecule has 0 saturated heterocycles. The SMILES string of the molecule is c1ccc(-c2cc(-c3cc(-c4ccc5sc6ccccc6c5c4)cc(-c4ccc5sc6ccccc6c5c4)c3)nc(-c3cccc(-c4cccnc4)c3)n2)cc1. The lowest BCUT2D eigenvalue weighted by molar-refractivity contribution is 1.18. The zero-order valence-corrected chi connectivity index (χ0v) is 31.7. The molecular weight excluding hydrogens is 719 g/mol. The second-order valence-electron chi connectivity index (χ2n) is 14.1. The predicted octanol–water partition coefficient (Wildman–Crippen LogP) is 14.6. The first-order valence-corrected chi connectivity index (χ1v) is 20.3. The second-order valence-corrected chi connectivity index (χ2v) is 16.2. The molecule has 0 fully saturated rings. The summed E-state index contributed by atoms with van der Waals surface area (Å²) in [7, 11) is 0. The Labute approximate surface area is 331 Å². The molecule has 11 rings (SSSR count). The van der Waals surface area contributed by atoms with Crippen LogP contribution < -0.4 is 0 Å². The van der Waals surface area contributed by atoms with Crippen LogP contribution in [0.1, 0.15) is 0 Å². The average molecular weight is 750 g/mol. The topological polar surface area (TPSA) is 38.7 Å². The Morgan fingerprint density at radius 2 is 0.804 bits per heavy atom. The molecule has 11 aromatic rings. The van der Waals surface area contributed by atoms with Crippen molar-refractivity contribution in [2.75, 3.05) is 0 Å². The Bertz CT molecular complexity index is 3120. The number of hydrogen-bond acceptors (Lipinski definition) is 5. The van der Waals surface area contributed by atoms with Gasteiger partial charge in [-0.3, -0.25) is 4.98 Å². The molecule has 0 atom stereocenters. The molecule has 0 radical (unpaired) electrons. The predicted molar refractivity (Wildman–Crippen MR) is 238 cm³/mol. The third-order valence-corrected chi connectivity index (χ3v) is 12.9. The smallest absolute Gasteiger partial charge is 0.160 e. The summed E-state index contributed by atoms with van der Waals surface area (Å²) in [6.45, 7) is 0. The van der Waals surface area contributed by atoms with Crippen molar-refractivity contribution in [3.8, 4) is 67.3 Å². The van der Waals surface area contributed by atoms with Crippen LogP contribution in [-0.2, 0) is 0 Å². The maximum atomic E-state index is 5.35. The van der Waals surface area contributed by atoms with E-state index in [1.54, 1.807) is 6.20 Å². The van der Waals surface area contributed by atoms with Gasteiger partial charge in [-0.05, 0) is 101 Å². The lowest BCUT2D eigenvalue weighted by Gasteiger charge is -2.14. The molecule has 0 N–H and O–H groups in total. The van der Waals surface area contributed by atoms with Crippen molar-refractivity contribution in [3.05, 3.63) is 188 Å². The lowest BCUT2D eigenvalue weighted by atomic mass is 9.93. The fourth-order valence-corrected chi connectivity index (χ4v) is 9.95. The van der Waals surface area contributed by atoms with Crippen molar-refractivity contribution in [1.29, 1.82) is 0 Å². The minimum atomic E-state index is 0.677. The fraction of sp³-hybridized carbons (Fsp3) is 0. The van der Waals surface area contributed by atoms with Crippen LogP contribution in [0.15, 0.2) is 188 Å². The minimum absolute atomic E-state index is 0.677. The third kappa shape index (κ3) is 5.86. The van der Waals surface area contributed by atoms with E-state index in [-0.39, 0.29) is 0 Å². The van der Waals surface area contributed by atoms with Gasteiger partial charge in [0.2, 0.25) is 0 Å². The van der Waals surface area contributed by atoms with Crippen molar-refractivity contribution in [1.82, 2.24) is 15.0 Å². The summed E-state index contributed by atoms with van der Waals surface area (Å²) in [5.74, 6) is 0.677. The van der Waals surface area contributed by atoms with Crippen molar-refractivity contribution in [2.45, 2.75) is 0 Å². The molecule has 56 heavy (non-hydrogen) atoms. The first-order chi connectivity index (χ1) is 27.7. The van der Waals surface area contributed by atoms with Gasteiger partial charge in [-0.15, -0.1) is 22.7 Å². The van der Waals surface area contributed by atoms with E-state index in [1.165, 1.54) is 51.5 Å². The van der Waals surface area contributed by atoms with E-state index in [2.05, 4.69) is 169 Å². The second kappa shape index (κ2) is 13.5. The zero-order valence-electron chi connectivity index (χ0n) is 30.1. The van der Waals surface area contributed by atoms with Crippen LogP contribution in [0.2, 0.25) is 0 Å². The summed E-state index contributed by atoms with van der Waals surface area (Å²) in [6.07, 6.45) is 3.70. The Morgan fingerprint density at radius 1 is 0.304 bits per heavy atom. The maximum absolute atomic E-state index is 5.35. The highest BCUT2D eigenvalue weighted by Gasteiger charge is 2.16. The van der Waals surface area contributed by atoms with E-state index in [4.69, 9.17) is 9.97 Å². The molecule has 0 bridgehead atoms. The Balaban J connectivity index is 1.13. The molecule has 0 aliphatic heterocycles. The van der Waals surface area contributed by atoms with Gasteiger partial charge in [-0.1, -0.05) is 103 Å². The first-order valence-electron chi connectivity index (χ1n) is 18.6. The minimum Gasteiger partial charge on any atom is -0.264 e. The molecule has 0 spiro atoms. The Kier molecular flexibility index (Phi) is 7.87. The van der Waals surface area contributed by atoms with Crippen LogP contribution in [0.5, 0.6) is 0 Å². The molecule has 0 aliphatic rings. The van der Waals surface area contributed by atoms with Crippen LogP contribution in [0.25, 0.3) is 108 Å². The van der Waals surface area contributed by atoms with E-state index in [9.17, 15) is 0 Å². The van der Waals surface area contributed by atoms with E-state index in [1.807, 2.05) is 41.0 Å². The molecule has 4 aromatic heterocycles. The highest BCUT2D eigenvalue weighted by atomic mass is 32.1. The van der Waals surface area contributed by atoms with E-state index < -0.39 is 0 Å². The summed E-state index contributed by atoms with van der Waals surface area (Å²) in [4.78, 5) is 14.9. The Hall–Kier alpha value is -6.79. The summed E-state index contributed by atoms with van der Waals surface area (Å²) >= 11 is 3.69. The first kappa shape index (κ1) is 32.6. The standard InChI is InChI=1S/C51H31N3S2/c1-2-10-32(11-3-1)45-30-46(54-51(53-45)36-13-8-12-33(24-36)37-14-9-23-52-31-37)40-26-38(34-19-21-49-43(28-34)41-15-4-6-17-47(41)55-49)25-39(27-40)35-20-22-50-44(29-35)42-16-5-7-18-48(42)56-50/h1-31H. The summed E-state index contributed by atoms with van der Waals surface area (Å²) in [5, 5.41) is 5.15. The highest BCUT2D eigenvalue weighted by Crippen LogP contribution is 2.41. The number of fused-ring (bicyclic) bond motifs is 6. The largest absolute Gasteiger partial charge is 0.264 e. The van der Waals surface area contributed by atoms with Crippen LogP contribution >= 0.6 is 22.7 Å². The summed E-state index contributed by atoms with van der Waals surface area (Å²) in [5.41, 5.74) is 11.5. The molecule has 0 unspecified atom stereocenters. The summed E-state index contributed by atoms with van der Waals surface area (Å²) < 4.78 is 5.20. The number of aromatic nitrogens is 3. The quantitative estimate of drug-likeness (QED) is 0.170. The van der Waals surface area contributed by atoms with Crippen molar-refractivity contribution in [3.63, 3.8) is 0 Å². The number of benzene rings is 7. The normalized spacial score (nSPS) is 11.6. The zero-order chi connectivity index (χ0) is 37.0. The molecule has 0 aliphatic carbocycles. The van der Waals surface area contributed by atoms with E-state index >= 15 is 0 Å². The number of rotatable bonds is 6. The van der Waals surface area contributed by atoms with Gasteiger partial charge in [0.15, 0.2) is 5.82 Å². The fourth-order valence-electron chi connectivity index (χ4n) is 7.77. The monoisotopic (exact) mass is 749 g/mol. The van der Waals surface area contributed by atoms with Gasteiger partial charge in [-0.25, -0.2) is 9.97 Å². The molecule has 0 amide bonds. The molecule has 3 nitrogen and oxygen atoms in total. The van der Waals surface area contributed by atoms with Crippen molar-refractivity contribution < 1.29 is 0 Å². The summed E-state index contributed by atoms with van der Waals surface area (Å²) in [6, 6.07) is 63.2. The van der Waals surface area contributed by atoms with E-state index in [0.29, 0.717) is 5.82 Å². The van der Waals surface area contributed by atoms with Gasteiger partial charge in [0.1, 0.15) is 0 Å². The van der Waals surface area contributed by atoms with Gasteiger partial charge in [0, 0.05) is 75.0 Å². The van der Waals surface area contributed by atoms with Gasteiger partial charge < -0.3 is 0 Å². The molecular formula is C51H31N3S2. The highest BCUT2D eigenvalue weighted by molar-refractivity contribution is 7.26. The van der Waals surface area contributed by atoms with Gasteiger partial charge >= 0.3 is 0 Å². The molecule has 5 heteroatoms.